The molecule has 0 fully saturated rings. The fourth-order valence-corrected chi connectivity index (χ4v) is 7.67. The van der Waals surface area contributed by atoms with Crippen LogP contribution in [-0.4, -0.2) is 8.97 Å². The first-order valence-electron chi connectivity index (χ1n) is 11.7. The van der Waals surface area contributed by atoms with Gasteiger partial charge in [0, 0.05) is 54.2 Å². The third-order valence-electron chi connectivity index (χ3n) is 7.83. The largest absolute Gasteiger partial charge is 0.343 e. The standard InChI is InChI=1S/C31H18N2S/c1-32-23-13-7-14-24-29(23)28-21(16-26-27(31(28)32)20-9-3-5-15-25(20)34-26)19-11-6-10-18-17-8-2-4-12-22(17)33(24)30(18)19/h2-16H,1H3. The second-order valence-corrected chi connectivity index (χ2v) is 10.5. The Labute approximate surface area is 198 Å². The number of benzene rings is 5. The summed E-state index contributed by atoms with van der Waals surface area (Å²) in [5, 5.41) is 10.8. The summed E-state index contributed by atoms with van der Waals surface area (Å²) in [6.45, 7) is 0. The Morgan fingerprint density at radius 3 is 2.09 bits per heavy atom. The topological polar surface area (TPSA) is 9.34 Å². The second kappa shape index (κ2) is 5.69. The molecular formula is C31H18N2S. The predicted octanol–water partition coefficient (Wildman–Crippen LogP) is 8.85. The maximum absolute atomic E-state index is 2.51. The normalized spacial score (nSPS) is 12.9. The summed E-state index contributed by atoms with van der Waals surface area (Å²) in [5.74, 6) is 0. The van der Waals surface area contributed by atoms with Gasteiger partial charge in [0.05, 0.1) is 27.6 Å². The zero-order valence-electron chi connectivity index (χ0n) is 18.5. The quantitative estimate of drug-likeness (QED) is 0.218. The van der Waals surface area contributed by atoms with E-state index in [4.69, 9.17) is 0 Å². The lowest BCUT2D eigenvalue weighted by Gasteiger charge is -2.05. The molecule has 3 heteroatoms. The summed E-state index contributed by atoms with van der Waals surface area (Å²) in [6.07, 6.45) is 0. The van der Waals surface area contributed by atoms with Crippen LogP contribution in [0.3, 0.4) is 0 Å². The average Bonchev–Trinajstić information content (AvgIpc) is 3.48. The van der Waals surface area contributed by atoms with Crippen LogP contribution in [0.25, 0.3) is 80.1 Å². The number of hydrogen-bond acceptors (Lipinski definition) is 1. The first-order valence-corrected chi connectivity index (χ1v) is 12.5. The number of hydrogen-bond donors (Lipinski definition) is 0. The zero-order valence-corrected chi connectivity index (χ0v) is 19.3. The van der Waals surface area contributed by atoms with E-state index < -0.39 is 0 Å². The van der Waals surface area contributed by atoms with Crippen molar-refractivity contribution >= 4 is 91.4 Å². The molecule has 0 N–H and O–H groups in total. The Bertz CT molecular complexity index is 2290. The Balaban J connectivity index is 1.77. The van der Waals surface area contributed by atoms with E-state index in [0.717, 1.165) is 0 Å². The lowest BCUT2D eigenvalue weighted by atomic mass is 10.0. The number of para-hydroxylation sites is 2. The Morgan fingerprint density at radius 2 is 1.18 bits per heavy atom. The molecule has 0 saturated carbocycles. The molecule has 0 aliphatic carbocycles. The van der Waals surface area contributed by atoms with Gasteiger partial charge in [-0.25, -0.2) is 0 Å². The van der Waals surface area contributed by atoms with E-state index in [1.807, 2.05) is 11.3 Å². The van der Waals surface area contributed by atoms with E-state index in [9.17, 15) is 0 Å². The van der Waals surface area contributed by atoms with Crippen molar-refractivity contribution < 1.29 is 0 Å². The summed E-state index contributed by atoms with van der Waals surface area (Å²) in [7, 11) is 2.24. The van der Waals surface area contributed by atoms with Crippen molar-refractivity contribution in [2.75, 3.05) is 0 Å². The smallest absolute Gasteiger partial charge is 0.0619 e. The molecule has 0 amide bonds. The Kier molecular flexibility index (Phi) is 2.91. The minimum atomic E-state index is 1.27. The van der Waals surface area contributed by atoms with Crippen LogP contribution in [0.4, 0.5) is 0 Å². The molecule has 9 rings (SSSR count). The molecule has 4 aromatic heterocycles. The van der Waals surface area contributed by atoms with Gasteiger partial charge in [-0.3, -0.25) is 0 Å². The SMILES string of the molecule is Cn1c2cccc3c2c2c(cc4sc5ccccc5c4c21)c1cccc2c4ccccc4n3c12. The second-order valence-electron chi connectivity index (χ2n) is 9.40. The Hall–Kier alpha value is -4.08. The van der Waals surface area contributed by atoms with Crippen molar-refractivity contribution in [3.05, 3.63) is 91.0 Å². The summed E-state index contributed by atoms with van der Waals surface area (Å²) in [5.41, 5.74) is 6.50. The van der Waals surface area contributed by atoms with Crippen molar-refractivity contribution in [3.8, 4) is 0 Å². The van der Waals surface area contributed by atoms with Gasteiger partial charge in [0.25, 0.3) is 0 Å². The van der Waals surface area contributed by atoms with Crippen LogP contribution in [-0.2, 0) is 7.05 Å². The molecule has 0 unspecified atom stereocenters. The summed E-state index contributed by atoms with van der Waals surface area (Å²) in [6, 6.07) is 33.8. The van der Waals surface area contributed by atoms with Crippen molar-refractivity contribution in [1.29, 1.82) is 0 Å². The third-order valence-corrected chi connectivity index (χ3v) is 8.95. The van der Waals surface area contributed by atoms with Gasteiger partial charge in [0.2, 0.25) is 0 Å². The minimum absolute atomic E-state index is 1.27. The van der Waals surface area contributed by atoms with E-state index in [2.05, 4.69) is 107 Å². The number of nitrogens with zero attached hydrogens (tertiary/aromatic N) is 2. The third kappa shape index (κ3) is 1.80. The number of thiophene rings is 1. The van der Waals surface area contributed by atoms with E-state index in [-0.39, 0.29) is 0 Å². The first kappa shape index (κ1) is 17.4. The van der Waals surface area contributed by atoms with Gasteiger partial charge >= 0.3 is 0 Å². The van der Waals surface area contributed by atoms with Crippen molar-refractivity contribution in [2.24, 2.45) is 7.05 Å². The van der Waals surface area contributed by atoms with Crippen LogP contribution in [0.5, 0.6) is 0 Å². The van der Waals surface area contributed by atoms with Crippen LogP contribution in [0.1, 0.15) is 0 Å². The number of rotatable bonds is 0. The molecule has 0 saturated heterocycles. The van der Waals surface area contributed by atoms with Gasteiger partial charge in [0.1, 0.15) is 0 Å². The van der Waals surface area contributed by atoms with Crippen LogP contribution in [0.2, 0.25) is 0 Å². The molecule has 9 aromatic rings. The average molecular weight is 451 g/mol. The van der Waals surface area contributed by atoms with Crippen molar-refractivity contribution in [2.45, 2.75) is 0 Å². The molecule has 0 aliphatic heterocycles. The monoisotopic (exact) mass is 450 g/mol. The molecule has 158 valence electrons. The fraction of sp³-hybridized carbons (Fsp3) is 0.0323. The molecule has 0 radical (unpaired) electrons. The van der Waals surface area contributed by atoms with Gasteiger partial charge in [-0.2, -0.15) is 0 Å². The molecule has 0 atom stereocenters. The maximum atomic E-state index is 2.51. The van der Waals surface area contributed by atoms with Crippen molar-refractivity contribution in [1.82, 2.24) is 8.97 Å². The van der Waals surface area contributed by atoms with E-state index in [1.54, 1.807) is 0 Å². The lowest BCUT2D eigenvalue weighted by Crippen LogP contribution is -1.89. The molecular weight excluding hydrogens is 432 g/mol. The number of fused-ring (bicyclic) bond motifs is 9. The van der Waals surface area contributed by atoms with Crippen molar-refractivity contribution in [3.63, 3.8) is 0 Å². The van der Waals surface area contributed by atoms with Crippen LogP contribution in [0.15, 0.2) is 91.0 Å². The highest BCUT2D eigenvalue weighted by Crippen LogP contribution is 2.48. The minimum Gasteiger partial charge on any atom is -0.343 e. The highest BCUT2D eigenvalue weighted by atomic mass is 32.1. The fourth-order valence-electron chi connectivity index (χ4n) is 6.52. The van der Waals surface area contributed by atoms with E-state index in [1.165, 1.54) is 80.1 Å². The summed E-state index contributed by atoms with van der Waals surface area (Å²) in [4.78, 5) is 0. The molecule has 5 aromatic carbocycles. The van der Waals surface area contributed by atoms with Gasteiger partial charge in [0.15, 0.2) is 0 Å². The Morgan fingerprint density at radius 1 is 0.500 bits per heavy atom. The number of aromatic nitrogens is 2. The molecule has 0 spiro atoms. The predicted molar refractivity (Wildman–Crippen MR) is 148 cm³/mol. The molecule has 0 bridgehead atoms. The zero-order chi connectivity index (χ0) is 22.1. The number of aryl methyl sites for hydroxylation is 1. The van der Waals surface area contributed by atoms with Crippen LogP contribution in [0, 0.1) is 0 Å². The van der Waals surface area contributed by atoms with E-state index >= 15 is 0 Å². The molecule has 34 heavy (non-hydrogen) atoms. The van der Waals surface area contributed by atoms with Crippen LogP contribution < -0.4 is 0 Å². The van der Waals surface area contributed by atoms with Gasteiger partial charge in [-0.15, -0.1) is 11.3 Å². The first-order chi connectivity index (χ1) is 16.8. The van der Waals surface area contributed by atoms with Gasteiger partial charge < -0.3 is 8.97 Å². The summed E-state index contributed by atoms with van der Waals surface area (Å²) < 4.78 is 7.65. The lowest BCUT2D eigenvalue weighted by molar-refractivity contribution is 1.02. The molecule has 2 nitrogen and oxygen atoms in total. The van der Waals surface area contributed by atoms with Gasteiger partial charge in [-0.05, 0) is 35.7 Å². The van der Waals surface area contributed by atoms with E-state index in [0.29, 0.717) is 0 Å². The van der Waals surface area contributed by atoms with Crippen LogP contribution >= 0.6 is 11.3 Å². The molecule has 0 aliphatic rings. The highest BCUT2D eigenvalue weighted by Gasteiger charge is 2.23. The highest BCUT2D eigenvalue weighted by molar-refractivity contribution is 7.26. The van der Waals surface area contributed by atoms with Gasteiger partial charge in [-0.1, -0.05) is 60.7 Å². The molecule has 4 heterocycles. The summed E-state index contributed by atoms with van der Waals surface area (Å²) >= 11 is 1.91. The maximum Gasteiger partial charge on any atom is 0.0619 e.